The molecule has 8 nitrogen and oxygen atoms in total. The first-order valence-electron chi connectivity index (χ1n) is 8.82. The van der Waals surface area contributed by atoms with Gasteiger partial charge in [-0.1, -0.05) is 11.7 Å². The second-order valence-electron chi connectivity index (χ2n) is 6.47. The number of hydrogen-bond acceptors (Lipinski definition) is 8. The zero-order valence-corrected chi connectivity index (χ0v) is 15.5. The second-order valence-corrected chi connectivity index (χ2v) is 7.39. The molecule has 0 spiro atoms. The van der Waals surface area contributed by atoms with Crippen molar-refractivity contribution in [1.82, 2.24) is 20.4 Å². The Hall–Kier alpha value is -2.94. The Labute approximate surface area is 160 Å². The van der Waals surface area contributed by atoms with E-state index in [0.717, 1.165) is 41.7 Å². The Morgan fingerprint density at radius 1 is 1.26 bits per heavy atom. The van der Waals surface area contributed by atoms with Crippen LogP contribution in [0.15, 0.2) is 41.1 Å². The lowest BCUT2D eigenvalue weighted by Crippen LogP contribution is -2.39. The number of rotatable bonds is 6. The Balaban J connectivity index is 1.46. The highest BCUT2D eigenvalue weighted by Gasteiger charge is 2.23. The molecule has 1 amide bonds. The molecular weight excluding hydrogens is 364 g/mol. The number of carbonyl (C=O) groups is 1. The Bertz CT molecular complexity index is 931. The summed E-state index contributed by atoms with van der Waals surface area (Å²) in [7, 11) is 0. The summed E-state index contributed by atoms with van der Waals surface area (Å²) in [6.45, 7) is 3.50. The van der Waals surface area contributed by atoms with Crippen molar-refractivity contribution in [2.75, 3.05) is 10.6 Å². The molecule has 1 aliphatic carbocycles. The molecule has 0 bridgehead atoms. The van der Waals surface area contributed by atoms with Crippen LogP contribution < -0.4 is 16.0 Å². The molecule has 0 atom stereocenters. The molecule has 27 heavy (non-hydrogen) atoms. The smallest absolute Gasteiger partial charge is 0.243 e. The number of carbonyl (C=O) groups excluding carboxylic acids is 1. The van der Waals surface area contributed by atoms with E-state index >= 15 is 0 Å². The molecule has 3 aromatic heterocycles. The fraction of sp³-hybridized carbons (Fsp3) is 0.333. The third-order valence-corrected chi connectivity index (χ3v) is 5.50. The third-order valence-electron chi connectivity index (χ3n) is 4.59. The number of aromatic nitrogens is 3. The monoisotopic (exact) mass is 384 g/mol. The molecule has 1 saturated carbocycles. The van der Waals surface area contributed by atoms with Gasteiger partial charge in [-0.3, -0.25) is 4.79 Å². The van der Waals surface area contributed by atoms with Crippen molar-refractivity contribution in [1.29, 1.82) is 0 Å². The van der Waals surface area contributed by atoms with Crippen LogP contribution in [0.5, 0.6) is 0 Å². The van der Waals surface area contributed by atoms with Crippen molar-refractivity contribution in [3.8, 4) is 0 Å². The third kappa shape index (κ3) is 4.08. The summed E-state index contributed by atoms with van der Waals surface area (Å²) in [6, 6.07) is 2.50. The van der Waals surface area contributed by atoms with Crippen LogP contribution in [0.1, 0.15) is 25.7 Å². The van der Waals surface area contributed by atoms with E-state index in [2.05, 4.69) is 37.7 Å². The van der Waals surface area contributed by atoms with Gasteiger partial charge in [-0.05, 0) is 43.2 Å². The number of anilines is 3. The largest absolute Gasteiger partial charge is 0.366 e. The Morgan fingerprint density at radius 2 is 2.07 bits per heavy atom. The predicted octanol–water partition coefficient (Wildman–Crippen LogP) is 3.45. The highest BCUT2D eigenvalue weighted by molar-refractivity contribution is 7.17. The van der Waals surface area contributed by atoms with Crippen LogP contribution >= 0.6 is 11.3 Å². The zero-order valence-electron chi connectivity index (χ0n) is 14.6. The molecule has 3 N–H and O–H groups in total. The lowest BCUT2D eigenvalue weighted by Gasteiger charge is -2.29. The van der Waals surface area contributed by atoms with Gasteiger partial charge in [0, 0.05) is 12.1 Å². The number of nitrogens with one attached hydrogen (secondary N) is 3. The summed E-state index contributed by atoms with van der Waals surface area (Å²) in [5, 5.41) is 15.3. The summed E-state index contributed by atoms with van der Waals surface area (Å²) < 4.78 is 5.87. The standard InChI is InChI=1S/C18H20N6O2S/c1-2-15(25)20-11-3-5-12(6-4-11)21-17-16-14(7-8-27-16)23-18(24-17)22-13-9-19-26-10-13/h2,7-12H,1,3-6H2,(H,20,25)(H2,21,22,23,24). The van der Waals surface area contributed by atoms with Gasteiger partial charge in [-0.15, -0.1) is 11.3 Å². The van der Waals surface area contributed by atoms with Gasteiger partial charge in [0.05, 0.1) is 16.4 Å². The molecule has 3 heterocycles. The molecule has 0 radical (unpaired) electrons. The molecule has 0 unspecified atom stereocenters. The number of amides is 1. The summed E-state index contributed by atoms with van der Waals surface area (Å²) in [4.78, 5) is 20.6. The minimum absolute atomic E-state index is 0.105. The molecule has 0 saturated heterocycles. The quantitative estimate of drug-likeness (QED) is 0.559. The van der Waals surface area contributed by atoms with E-state index in [9.17, 15) is 4.79 Å². The van der Waals surface area contributed by atoms with Crippen molar-refractivity contribution in [3.05, 3.63) is 36.6 Å². The molecule has 1 aliphatic rings. The molecule has 3 aromatic rings. The highest BCUT2D eigenvalue weighted by atomic mass is 32.1. The highest BCUT2D eigenvalue weighted by Crippen LogP contribution is 2.30. The van der Waals surface area contributed by atoms with E-state index in [1.165, 1.54) is 12.3 Å². The Kier molecular flexibility index (Phi) is 5.01. The first-order chi connectivity index (χ1) is 13.2. The average molecular weight is 384 g/mol. The van der Waals surface area contributed by atoms with Crippen LogP contribution in [0.3, 0.4) is 0 Å². The van der Waals surface area contributed by atoms with Gasteiger partial charge in [-0.2, -0.15) is 4.98 Å². The van der Waals surface area contributed by atoms with Crippen LogP contribution in [0, 0.1) is 0 Å². The molecular formula is C18H20N6O2S. The van der Waals surface area contributed by atoms with Gasteiger partial charge in [0.15, 0.2) is 0 Å². The molecule has 0 aromatic carbocycles. The van der Waals surface area contributed by atoms with E-state index < -0.39 is 0 Å². The maximum atomic E-state index is 11.5. The summed E-state index contributed by atoms with van der Waals surface area (Å²) in [5.41, 5.74) is 1.59. The van der Waals surface area contributed by atoms with Crippen molar-refractivity contribution in [2.45, 2.75) is 37.8 Å². The second kappa shape index (κ2) is 7.75. The van der Waals surface area contributed by atoms with E-state index in [1.807, 2.05) is 11.4 Å². The van der Waals surface area contributed by atoms with Crippen LogP contribution in [-0.2, 0) is 4.79 Å². The average Bonchev–Trinajstić information content (AvgIpc) is 3.35. The van der Waals surface area contributed by atoms with Crippen molar-refractivity contribution >= 4 is 44.9 Å². The van der Waals surface area contributed by atoms with Crippen LogP contribution in [0.2, 0.25) is 0 Å². The maximum absolute atomic E-state index is 11.5. The van der Waals surface area contributed by atoms with E-state index in [0.29, 0.717) is 17.7 Å². The van der Waals surface area contributed by atoms with Gasteiger partial charge in [0.1, 0.15) is 17.8 Å². The molecule has 9 heteroatoms. The van der Waals surface area contributed by atoms with Crippen molar-refractivity contribution in [2.24, 2.45) is 0 Å². The Morgan fingerprint density at radius 3 is 2.81 bits per heavy atom. The maximum Gasteiger partial charge on any atom is 0.243 e. The topological polar surface area (TPSA) is 105 Å². The normalized spacial score (nSPS) is 19.6. The van der Waals surface area contributed by atoms with E-state index in [1.54, 1.807) is 17.5 Å². The minimum atomic E-state index is -0.105. The van der Waals surface area contributed by atoms with Crippen LogP contribution in [-0.4, -0.2) is 33.1 Å². The van der Waals surface area contributed by atoms with Crippen LogP contribution in [0.4, 0.5) is 17.5 Å². The first kappa shape index (κ1) is 17.5. The fourth-order valence-corrected chi connectivity index (χ4v) is 4.03. The minimum Gasteiger partial charge on any atom is -0.366 e. The van der Waals surface area contributed by atoms with Gasteiger partial charge in [-0.25, -0.2) is 4.98 Å². The molecule has 4 rings (SSSR count). The number of fused-ring (bicyclic) bond motifs is 1. The van der Waals surface area contributed by atoms with Gasteiger partial charge < -0.3 is 20.5 Å². The van der Waals surface area contributed by atoms with Gasteiger partial charge >= 0.3 is 0 Å². The fourth-order valence-electron chi connectivity index (χ4n) is 3.25. The lowest BCUT2D eigenvalue weighted by molar-refractivity contribution is -0.117. The number of thiophene rings is 1. The van der Waals surface area contributed by atoms with Crippen molar-refractivity contribution in [3.63, 3.8) is 0 Å². The van der Waals surface area contributed by atoms with E-state index in [4.69, 9.17) is 4.52 Å². The SMILES string of the molecule is C=CC(=O)NC1CCC(Nc2nc(Nc3cnoc3)nc3ccsc23)CC1. The molecule has 0 aliphatic heterocycles. The zero-order chi connectivity index (χ0) is 18.6. The van der Waals surface area contributed by atoms with Gasteiger partial charge in [0.2, 0.25) is 11.9 Å². The lowest BCUT2D eigenvalue weighted by atomic mass is 9.91. The van der Waals surface area contributed by atoms with Crippen LogP contribution in [0.25, 0.3) is 10.2 Å². The van der Waals surface area contributed by atoms with Gasteiger partial charge in [0.25, 0.3) is 0 Å². The number of hydrogen-bond donors (Lipinski definition) is 3. The number of nitrogens with zero attached hydrogens (tertiary/aromatic N) is 3. The first-order valence-corrected chi connectivity index (χ1v) is 9.70. The molecule has 140 valence electrons. The summed E-state index contributed by atoms with van der Waals surface area (Å²) in [6.07, 6.45) is 8.20. The molecule has 1 fully saturated rings. The van der Waals surface area contributed by atoms with Crippen molar-refractivity contribution < 1.29 is 9.32 Å². The summed E-state index contributed by atoms with van der Waals surface area (Å²) in [5.74, 6) is 1.22. The summed E-state index contributed by atoms with van der Waals surface area (Å²) >= 11 is 1.62. The van der Waals surface area contributed by atoms with E-state index in [-0.39, 0.29) is 11.9 Å². The predicted molar refractivity (Wildman–Crippen MR) is 105 cm³/mol.